The van der Waals surface area contributed by atoms with Gasteiger partial charge in [-0.15, -0.1) is 11.3 Å². The highest BCUT2D eigenvalue weighted by Crippen LogP contribution is 2.47. The maximum atomic E-state index is 15.9. The second-order valence-corrected chi connectivity index (χ2v) is 13.9. The number of nitrogens with one attached hydrogen (secondary N) is 1. The molecule has 3 saturated heterocycles. The topological polar surface area (TPSA) is 146 Å². The second kappa shape index (κ2) is 16.1. The molecule has 0 saturated carbocycles. The van der Waals surface area contributed by atoms with Gasteiger partial charge in [-0.25, -0.2) is 13.2 Å². The predicted octanol–water partition coefficient (Wildman–Crippen LogP) is 7.81. The molecule has 3 fully saturated rings. The van der Waals surface area contributed by atoms with Crippen molar-refractivity contribution < 1.29 is 40.4 Å². The Morgan fingerprint density at radius 2 is 1.93 bits per heavy atom. The molecular weight excluding hydrogens is 739 g/mol. The molecule has 3 aliphatic heterocycles. The number of hydrogen-bond donors (Lipinski definition) is 2. The van der Waals surface area contributed by atoms with E-state index < -0.39 is 40.6 Å². The van der Waals surface area contributed by atoms with Crippen LogP contribution in [0.15, 0.2) is 35.1 Å². The minimum absolute atomic E-state index is 0.0127. The van der Waals surface area contributed by atoms with Crippen LogP contribution in [0.25, 0.3) is 32.1 Å². The summed E-state index contributed by atoms with van der Waals surface area (Å²) in [4.78, 5) is 23.5. The Hall–Kier alpha value is -5.15. The number of carbonyl (C=O) groups is 1. The number of halogens is 6. The van der Waals surface area contributed by atoms with Crippen molar-refractivity contribution in [3.63, 3.8) is 0 Å². The van der Waals surface area contributed by atoms with E-state index in [2.05, 4.69) is 29.9 Å². The van der Waals surface area contributed by atoms with Crippen LogP contribution < -0.4 is 15.8 Å². The number of amides is 1. The lowest BCUT2D eigenvalue weighted by atomic mass is 9.92. The number of thiophene rings is 1. The number of methoxy groups -OCH3 is 1. The van der Waals surface area contributed by atoms with Crippen molar-refractivity contribution in [1.82, 2.24) is 24.9 Å². The molecule has 54 heavy (non-hydrogen) atoms. The molecule has 3 aliphatic rings. The van der Waals surface area contributed by atoms with Crippen molar-refractivity contribution in [3.05, 3.63) is 59.0 Å². The molecule has 2 aromatic carbocycles. The fraction of sp³-hybridized carbons (Fsp3) is 0.417. The van der Waals surface area contributed by atoms with Gasteiger partial charge in [-0.3, -0.25) is 9.69 Å². The van der Waals surface area contributed by atoms with Gasteiger partial charge >= 0.3 is 12.2 Å². The summed E-state index contributed by atoms with van der Waals surface area (Å²) in [6, 6.07) is 6.35. The standard InChI is InChI=1S/C21H14F5N5OS.C8H10N2O2.C7H12FN/c1-3-29-19-9-6-11(21(24,25)26)14(15(23)16(9)30-20(31-19)32-2)8-4-5-12(22)17-13(8)10(7-27)18(28)33-17;11-8(7-3-6-12-9-7)10-4-1-2-5-10;8-6-4-7-2-1-3-9(7)5-6/h4-6H,3,28H2,1-2H3,(H,29,30,31);3,6H,1-2,4-5H2;6-7H,1-5H2. The molecule has 0 aliphatic carbocycles. The Labute approximate surface area is 309 Å². The smallest absolute Gasteiger partial charge is 0.417 e. The average molecular weight is 775 g/mol. The van der Waals surface area contributed by atoms with E-state index in [9.17, 15) is 32.0 Å². The Balaban J connectivity index is 0.000000189. The summed E-state index contributed by atoms with van der Waals surface area (Å²) >= 11 is 0.698. The highest BCUT2D eigenvalue weighted by Gasteiger charge is 2.38. The maximum Gasteiger partial charge on any atom is 0.417 e. The van der Waals surface area contributed by atoms with Crippen molar-refractivity contribution in [2.75, 3.05) is 50.9 Å². The number of benzene rings is 2. The number of rotatable bonds is 5. The first-order valence-electron chi connectivity index (χ1n) is 17.2. The molecule has 2 unspecified atom stereocenters. The highest BCUT2D eigenvalue weighted by atomic mass is 32.1. The van der Waals surface area contributed by atoms with Crippen LogP contribution in [0.3, 0.4) is 0 Å². The quantitative estimate of drug-likeness (QED) is 0.170. The van der Waals surface area contributed by atoms with E-state index in [1.54, 1.807) is 24.0 Å². The van der Waals surface area contributed by atoms with Gasteiger partial charge in [-0.2, -0.15) is 28.4 Å². The zero-order valence-corrected chi connectivity index (χ0v) is 30.1. The average Bonchev–Trinajstić information content (AvgIpc) is 3.99. The summed E-state index contributed by atoms with van der Waals surface area (Å²) in [5.74, 6) is -2.17. The minimum atomic E-state index is -5.00. The molecule has 1 amide bonds. The Morgan fingerprint density at radius 1 is 1.17 bits per heavy atom. The van der Waals surface area contributed by atoms with Crippen LogP contribution in [-0.2, 0) is 6.18 Å². The number of likely N-dealkylation sites (tertiary alicyclic amines) is 1. The summed E-state index contributed by atoms with van der Waals surface area (Å²) < 4.78 is 94.8. The minimum Gasteiger partial charge on any atom is -0.467 e. The van der Waals surface area contributed by atoms with Crippen molar-refractivity contribution in [1.29, 1.82) is 5.26 Å². The van der Waals surface area contributed by atoms with Gasteiger partial charge in [0.05, 0.1) is 22.9 Å². The van der Waals surface area contributed by atoms with Gasteiger partial charge in [0.25, 0.3) is 5.91 Å². The summed E-state index contributed by atoms with van der Waals surface area (Å²) in [5, 5.41) is 15.4. The molecular formula is C36H36F6N8O3S. The third kappa shape index (κ3) is 7.73. The predicted molar refractivity (Wildman–Crippen MR) is 191 cm³/mol. The van der Waals surface area contributed by atoms with Crippen molar-refractivity contribution in [3.8, 4) is 23.2 Å². The number of ether oxygens (including phenoxy) is 1. The first-order valence-corrected chi connectivity index (χ1v) is 18.1. The Morgan fingerprint density at radius 3 is 2.56 bits per heavy atom. The number of carbonyl (C=O) groups excluding carboxylic acids is 1. The summed E-state index contributed by atoms with van der Waals surface area (Å²) in [6.45, 7) is 5.54. The van der Waals surface area contributed by atoms with E-state index >= 15 is 4.39 Å². The van der Waals surface area contributed by atoms with Crippen LogP contribution in [-0.4, -0.2) is 82.9 Å². The molecule has 286 valence electrons. The zero-order valence-electron chi connectivity index (χ0n) is 29.3. The molecule has 0 bridgehead atoms. The number of fused-ring (bicyclic) bond motifs is 3. The van der Waals surface area contributed by atoms with Gasteiger partial charge in [0.1, 0.15) is 40.7 Å². The molecule has 3 aromatic heterocycles. The van der Waals surface area contributed by atoms with Crippen LogP contribution in [0.5, 0.6) is 6.01 Å². The normalized spacial score (nSPS) is 18.2. The number of nitrogens with zero attached hydrogens (tertiary/aromatic N) is 6. The van der Waals surface area contributed by atoms with Gasteiger partial charge in [0.15, 0.2) is 11.5 Å². The van der Waals surface area contributed by atoms with E-state index in [0.29, 0.717) is 29.6 Å². The summed E-state index contributed by atoms with van der Waals surface area (Å²) in [5.41, 5.74) is 3.01. The van der Waals surface area contributed by atoms with Gasteiger partial charge in [-0.1, -0.05) is 11.2 Å². The first-order chi connectivity index (χ1) is 25.9. The molecule has 3 N–H and O–H groups in total. The fourth-order valence-corrected chi connectivity index (χ4v) is 7.98. The molecule has 0 radical (unpaired) electrons. The van der Waals surface area contributed by atoms with E-state index in [1.165, 1.54) is 26.2 Å². The number of alkyl halides is 4. The van der Waals surface area contributed by atoms with Gasteiger partial charge in [0.2, 0.25) is 0 Å². The van der Waals surface area contributed by atoms with Crippen LogP contribution in [0.1, 0.15) is 60.6 Å². The Bertz CT molecular complexity index is 2170. The van der Waals surface area contributed by atoms with Gasteiger partial charge in [-0.05, 0) is 63.3 Å². The molecule has 0 spiro atoms. The number of aromatic nitrogens is 3. The summed E-state index contributed by atoms with van der Waals surface area (Å²) in [6.07, 6.45) is 1.44. The van der Waals surface area contributed by atoms with Crippen LogP contribution >= 0.6 is 11.3 Å². The number of anilines is 2. The molecule has 5 aromatic rings. The third-order valence-corrected chi connectivity index (χ3v) is 10.5. The highest BCUT2D eigenvalue weighted by molar-refractivity contribution is 7.23. The molecule has 8 rings (SSSR count). The second-order valence-electron chi connectivity index (χ2n) is 12.9. The molecule has 6 heterocycles. The number of hydrogen-bond acceptors (Lipinski definition) is 11. The zero-order chi connectivity index (χ0) is 38.7. The monoisotopic (exact) mass is 774 g/mol. The number of nitrogen functional groups attached to an aromatic ring is 1. The van der Waals surface area contributed by atoms with Crippen LogP contribution in [0, 0.1) is 23.0 Å². The summed E-state index contributed by atoms with van der Waals surface area (Å²) in [7, 11) is 1.23. The fourth-order valence-electron chi connectivity index (χ4n) is 7.03. The first kappa shape index (κ1) is 38.6. The number of nitrogens with two attached hydrogens (primary N) is 1. The van der Waals surface area contributed by atoms with Crippen molar-refractivity contribution in [2.24, 2.45) is 0 Å². The van der Waals surface area contributed by atoms with E-state index in [-0.39, 0.29) is 55.9 Å². The van der Waals surface area contributed by atoms with Crippen LogP contribution in [0.2, 0.25) is 0 Å². The SMILES string of the molecule is CCNc1nc(OC)nc2c(F)c(-c3ccc(F)c4sc(N)c(C#N)c34)c(C(F)(F)F)cc12.FC1CC2CCCN2C1.O=C(c1ccon1)N1CCCC1. The largest absolute Gasteiger partial charge is 0.467 e. The molecule has 11 nitrogen and oxygen atoms in total. The van der Waals surface area contributed by atoms with E-state index in [1.807, 2.05) is 0 Å². The molecule has 2 atom stereocenters. The van der Waals surface area contributed by atoms with Gasteiger partial charge < -0.3 is 25.2 Å². The lowest BCUT2D eigenvalue weighted by molar-refractivity contribution is -0.137. The maximum absolute atomic E-state index is 15.9. The lowest BCUT2D eigenvalue weighted by Gasteiger charge is -2.18. The van der Waals surface area contributed by atoms with E-state index in [0.717, 1.165) is 57.1 Å². The lowest BCUT2D eigenvalue weighted by Crippen LogP contribution is -2.27. The van der Waals surface area contributed by atoms with Crippen molar-refractivity contribution in [2.45, 2.75) is 57.4 Å². The third-order valence-electron chi connectivity index (χ3n) is 9.45. The van der Waals surface area contributed by atoms with E-state index in [4.69, 9.17) is 10.5 Å². The Kier molecular flexibility index (Phi) is 11.5. The van der Waals surface area contributed by atoms with Crippen LogP contribution in [0.4, 0.5) is 37.2 Å². The molecule has 18 heteroatoms. The van der Waals surface area contributed by atoms with Gasteiger partial charge in [0, 0.05) is 54.6 Å². The number of nitriles is 1. The van der Waals surface area contributed by atoms with Crippen molar-refractivity contribution >= 4 is 49.1 Å².